The Morgan fingerprint density at radius 3 is 2.42 bits per heavy atom. The fourth-order valence-corrected chi connectivity index (χ4v) is 2.33. The van der Waals surface area contributed by atoms with Gasteiger partial charge >= 0.3 is 0 Å². The summed E-state index contributed by atoms with van der Waals surface area (Å²) in [6.07, 6.45) is 8.89. The molecule has 2 aromatic rings. The van der Waals surface area contributed by atoms with Crippen LogP contribution in [0.5, 0.6) is 0 Å². The van der Waals surface area contributed by atoms with Crippen LogP contribution in [0.2, 0.25) is 0 Å². The van der Waals surface area contributed by atoms with Crippen molar-refractivity contribution in [3.63, 3.8) is 0 Å². The van der Waals surface area contributed by atoms with Crippen LogP contribution in [0.25, 0.3) is 11.3 Å². The van der Waals surface area contributed by atoms with E-state index < -0.39 is 0 Å². The molecule has 0 amide bonds. The molecule has 2 rings (SSSR count). The van der Waals surface area contributed by atoms with Crippen molar-refractivity contribution >= 4 is 0 Å². The van der Waals surface area contributed by atoms with Gasteiger partial charge in [0.15, 0.2) is 0 Å². The lowest BCUT2D eigenvalue weighted by molar-refractivity contribution is 0.604. The second-order valence-corrected chi connectivity index (χ2v) is 5.00. The molecule has 102 valence electrons. The van der Waals surface area contributed by atoms with Crippen LogP contribution < -0.4 is 0 Å². The number of H-pyrrole nitrogens is 1. The summed E-state index contributed by atoms with van der Waals surface area (Å²) in [5.41, 5.74) is 3.26. The van der Waals surface area contributed by atoms with Crippen LogP contribution in [0.15, 0.2) is 30.3 Å². The van der Waals surface area contributed by atoms with Crippen molar-refractivity contribution in [2.24, 2.45) is 0 Å². The quantitative estimate of drug-likeness (QED) is 0.713. The molecule has 0 radical (unpaired) electrons. The number of rotatable bonds is 8. The zero-order chi connectivity index (χ0) is 13.3. The van der Waals surface area contributed by atoms with Gasteiger partial charge in [-0.2, -0.15) is 15.4 Å². The Labute approximate surface area is 115 Å². The predicted octanol–water partition coefficient (Wildman–Crippen LogP) is 4.37. The Balaban J connectivity index is 1.83. The van der Waals surface area contributed by atoms with Crippen LogP contribution in [0.4, 0.5) is 0 Å². The van der Waals surface area contributed by atoms with Gasteiger partial charge in [0.25, 0.3) is 0 Å². The predicted molar refractivity (Wildman–Crippen MR) is 78.9 cm³/mol. The summed E-state index contributed by atoms with van der Waals surface area (Å²) in [6, 6.07) is 10.3. The lowest BCUT2D eigenvalue weighted by Gasteiger charge is -2.01. The number of benzene rings is 1. The van der Waals surface area contributed by atoms with E-state index in [9.17, 15) is 0 Å². The Morgan fingerprint density at radius 1 is 0.895 bits per heavy atom. The summed E-state index contributed by atoms with van der Waals surface area (Å²) >= 11 is 0. The number of nitrogens with one attached hydrogen (secondary N) is 1. The molecule has 0 saturated carbocycles. The lowest BCUT2D eigenvalue weighted by atomic mass is 10.0. The highest BCUT2D eigenvalue weighted by Gasteiger charge is 2.09. The van der Waals surface area contributed by atoms with E-state index >= 15 is 0 Å². The maximum Gasteiger partial charge on any atom is 0.115 e. The molecule has 0 aliphatic carbocycles. The zero-order valence-electron chi connectivity index (χ0n) is 11.7. The van der Waals surface area contributed by atoms with Crippen molar-refractivity contribution in [2.75, 3.05) is 0 Å². The van der Waals surface area contributed by atoms with Gasteiger partial charge in [-0.15, -0.1) is 0 Å². The molecule has 0 spiro atoms. The smallest absolute Gasteiger partial charge is 0.115 e. The van der Waals surface area contributed by atoms with Crippen LogP contribution in [0.3, 0.4) is 0 Å². The van der Waals surface area contributed by atoms with E-state index in [1.165, 1.54) is 38.5 Å². The average molecular weight is 257 g/mol. The van der Waals surface area contributed by atoms with Gasteiger partial charge in [-0.3, -0.25) is 0 Å². The van der Waals surface area contributed by atoms with E-state index in [4.69, 9.17) is 0 Å². The summed E-state index contributed by atoms with van der Waals surface area (Å²) < 4.78 is 0. The molecule has 0 aliphatic heterocycles. The molecule has 0 fully saturated rings. The van der Waals surface area contributed by atoms with Crippen LogP contribution >= 0.6 is 0 Å². The number of unbranched alkanes of at least 4 members (excludes halogenated alkanes) is 5. The summed E-state index contributed by atoms with van der Waals surface area (Å²) in [7, 11) is 0. The van der Waals surface area contributed by atoms with E-state index in [-0.39, 0.29) is 0 Å². The molecule has 1 aromatic carbocycles. The number of nitrogens with zero attached hydrogens (tertiary/aromatic N) is 2. The summed E-state index contributed by atoms with van der Waals surface area (Å²) in [5.74, 6) is 0. The number of hydrogen-bond donors (Lipinski definition) is 1. The van der Waals surface area contributed by atoms with Gasteiger partial charge in [0.2, 0.25) is 0 Å². The fourth-order valence-electron chi connectivity index (χ4n) is 2.33. The molecule has 3 heteroatoms. The molecule has 0 saturated heterocycles. The standard InChI is InChI=1S/C16H23N3/c1-2-3-4-5-6-10-13-15-16(18-19-17-15)14-11-8-7-9-12-14/h7-9,11-12H,2-6,10,13H2,1H3,(H,17,18,19). The zero-order valence-corrected chi connectivity index (χ0v) is 11.7. The molecule has 0 unspecified atom stereocenters. The van der Waals surface area contributed by atoms with Crippen LogP contribution in [0.1, 0.15) is 51.1 Å². The van der Waals surface area contributed by atoms with Crippen molar-refractivity contribution in [3.8, 4) is 11.3 Å². The summed E-state index contributed by atoms with van der Waals surface area (Å²) in [6.45, 7) is 2.25. The fraction of sp³-hybridized carbons (Fsp3) is 0.500. The third-order valence-electron chi connectivity index (χ3n) is 3.43. The first kappa shape index (κ1) is 13.8. The molecule has 0 bridgehead atoms. The normalized spacial score (nSPS) is 10.8. The van der Waals surface area contributed by atoms with E-state index in [0.29, 0.717) is 0 Å². The van der Waals surface area contributed by atoms with Crippen LogP contribution in [-0.2, 0) is 6.42 Å². The molecule has 1 aromatic heterocycles. The molecule has 0 aliphatic rings. The lowest BCUT2D eigenvalue weighted by Crippen LogP contribution is -1.90. The van der Waals surface area contributed by atoms with E-state index in [1.54, 1.807) is 0 Å². The topological polar surface area (TPSA) is 41.6 Å². The van der Waals surface area contributed by atoms with E-state index in [1.807, 2.05) is 18.2 Å². The SMILES string of the molecule is CCCCCCCCc1n[nH]nc1-c1ccccc1. The molecule has 19 heavy (non-hydrogen) atoms. The van der Waals surface area contributed by atoms with Crippen molar-refractivity contribution in [3.05, 3.63) is 36.0 Å². The first-order valence-corrected chi connectivity index (χ1v) is 7.37. The molecule has 0 atom stereocenters. The highest BCUT2D eigenvalue weighted by molar-refractivity contribution is 5.60. The first-order chi connectivity index (χ1) is 9.42. The summed E-state index contributed by atoms with van der Waals surface area (Å²) in [5, 5.41) is 11.3. The maximum absolute atomic E-state index is 4.29. The third kappa shape index (κ3) is 4.19. The van der Waals surface area contributed by atoms with E-state index in [2.05, 4.69) is 34.5 Å². The number of aromatic amines is 1. The van der Waals surface area contributed by atoms with Gasteiger partial charge in [0.1, 0.15) is 5.69 Å². The molecular formula is C16H23N3. The molecule has 1 N–H and O–H groups in total. The number of hydrogen-bond acceptors (Lipinski definition) is 2. The minimum atomic E-state index is 1.01. The highest BCUT2D eigenvalue weighted by atomic mass is 15.3. The van der Waals surface area contributed by atoms with Gasteiger partial charge in [-0.25, -0.2) is 0 Å². The van der Waals surface area contributed by atoms with Crippen molar-refractivity contribution in [2.45, 2.75) is 51.9 Å². The summed E-state index contributed by atoms with van der Waals surface area (Å²) in [4.78, 5) is 0. The Kier molecular flexibility index (Phi) is 5.60. The number of aromatic nitrogens is 3. The largest absolute Gasteiger partial charge is 0.197 e. The van der Waals surface area contributed by atoms with Gasteiger partial charge < -0.3 is 0 Å². The average Bonchev–Trinajstić information content (AvgIpc) is 2.92. The first-order valence-electron chi connectivity index (χ1n) is 7.37. The van der Waals surface area contributed by atoms with Gasteiger partial charge in [0.05, 0.1) is 5.69 Å². The van der Waals surface area contributed by atoms with Gasteiger partial charge in [0, 0.05) is 5.56 Å². The van der Waals surface area contributed by atoms with Crippen molar-refractivity contribution < 1.29 is 0 Å². The minimum Gasteiger partial charge on any atom is -0.197 e. The Hall–Kier alpha value is -1.64. The maximum atomic E-state index is 4.29. The van der Waals surface area contributed by atoms with Crippen LogP contribution in [-0.4, -0.2) is 15.4 Å². The molecule has 3 nitrogen and oxygen atoms in total. The Bertz CT molecular complexity index is 462. The highest BCUT2D eigenvalue weighted by Crippen LogP contribution is 2.20. The second-order valence-electron chi connectivity index (χ2n) is 5.00. The van der Waals surface area contributed by atoms with E-state index in [0.717, 1.165) is 23.4 Å². The van der Waals surface area contributed by atoms with Crippen LogP contribution in [0, 0.1) is 0 Å². The van der Waals surface area contributed by atoms with Crippen molar-refractivity contribution in [1.82, 2.24) is 15.4 Å². The van der Waals surface area contributed by atoms with Gasteiger partial charge in [-0.1, -0.05) is 69.4 Å². The Morgan fingerprint density at radius 2 is 1.63 bits per heavy atom. The monoisotopic (exact) mass is 257 g/mol. The third-order valence-corrected chi connectivity index (χ3v) is 3.43. The van der Waals surface area contributed by atoms with Crippen molar-refractivity contribution in [1.29, 1.82) is 0 Å². The second kappa shape index (κ2) is 7.72. The number of aryl methyl sites for hydroxylation is 1. The van der Waals surface area contributed by atoms with Gasteiger partial charge in [-0.05, 0) is 12.8 Å². The molecular weight excluding hydrogens is 234 g/mol. The molecule has 1 heterocycles. The minimum absolute atomic E-state index is 1.01.